The molecule has 0 bridgehead atoms. The van der Waals surface area contributed by atoms with Crippen LogP contribution in [0.25, 0.3) is 0 Å². The van der Waals surface area contributed by atoms with Gasteiger partial charge in [-0.05, 0) is 37.3 Å². The smallest absolute Gasteiger partial charge is 0.295 e. The number of hydrogen-bond donors (Lipinski definition) is 0. The second-order valence-corrected chi connectivity index (χ2v) is 5.53. The van der Waals surface area contributed by atoms with E-state index in [1.165, 1.54) is 4.90 Å². The van der Waals surface area contributed by atoms with Gasteiger partial charge in [-0.2, -0.15) is 13.2 Å². The highest BCUT2D eigenvalue weighted by atomic mass is 19.4. The van der Waals surface area contributed by atoms with Crippen LogP contribution >= 0.6 is 0 Å². The van der Waals surface area contributed by atoms with Gasteiger partial charge in [0.2, 0.25) is 0 Å². The Kier molecular flexibility index (Phi) is 6.52. The molecular weight excluding hydrogens is 227 g/mol. The van der Waals surface area contributed by atoms with E-state index in [9.17, 15) is 13.2 Å². The molecule has 1 aliphatic heterocycles. The van der Waals surface area contributed by atoms with Crippen LogP contribution < -0.4 is 0 Å². The maximum absolute atomic E-state index is 12.1. The average molecular weight is 253 g/mol. The van der Waals surface area contributed by atoms with Crippen molar-refractivity contribution in [2.24, 2.45) is 11.3 Å². The van der Waals surface area contributed by atoms with Crippen molar-refractivity contribution in [3.8, 4) is 0 Å². The Morgan fingerprint density at radius 2 is 1.41 bits per heavy atom. The minimum Gasteiger partial charge on any atom is -0.295 e. The summed E-state index contributed by atoms with van der Waals surface area (Å²) < 4.78 is 36.4. The Hall–Kier alpha value is -0.250. The molecule has 0 atom stereocenters. The quantitative estimate of drug-likeness (QED) is 0.672. The maximum atomic E-state index is 12.1. The highest BCUT2D eigenvalue weighted by Crippen LogP contribution is 2.34. The fourth-order valence-corrected chi connectivity index (χ4v) is 2.21. The summed E-state index contributed by atoms with van der Waals surface area (Å²) in [5.74, 6) is 0.557. The monoisotopic (exact) mass is 253 g/mol. The molecule has 104 valence electrons. The topological polar surface area (TPSA) is 3.24 Å². The van der Waals surface area contributed by atoms with Crippen molar-refractivity contribution in [3.63, 3.8) is 0 Å². The molecule has 1 saturated heterocycles. The molecule has 0 unspecified atom stereocenters. The summed E-state index contributed by atoms with van der Waals surface area (Å²) in [7, 11) is 0. The minimum absolute atomic E-state index is 0.227. The Labute approximate surface area is 103 Å². The summed E-state index contributed by atoms with van der Waals surface area (Å²) in [5, 5.41) is 0. The first-order valence-electron chi connectivity index (χ1n) is 6.47. The van der Waals surface area contributed by atoms with E-state index in [2.05, 4.69) is 20.8 Å². The van der Waals surface area contributed by atoms with Crippen LogP contribution in [0.5, 0.6) is 0 Å². The van der Waals surface area contributed by atoms with E-state index in [0.717, 1.165) is 12.8 Å². The molecule has 1 heterocycles. The summed E-state index contributed by atoms with van der Waals surface area (Å²) >= 11 is 0. The fraction of sp³-hybridized carbons (Fsp3) is 1.00. The van der Waals surface area contributed by atoms with Crippen LogP contribution in [0.2, 0.25) is 0 Å². The second-order valence-electron chi connectivity index (χ2n) is 5.53. The van der Waals surface area contributed by atoms with Gasteiger partial charge in [0.25, 0.3) is 0 Å². The molecule has 1 rings (SSSR count). The highest BCUT2D eigenvalue weighted by Gasteiger charge is 2.34. The summed E-state index contributed by atoms with van der Waals surface area (Å²) in [6.07, 6.45) is -2.27. The van der Waals surface area contributed by atoms with Crippen LogP contribution in [0.3, 0.4) is 0 Å². The lowest BCUT2D eigenvalue weighted by molar-refractivity contribution is -0.149. The first-order valence-corrected chi connectivity index (χ1v) is 6.47. The maximum Gasteiger partial charge on any atom is 0.401 e. The summed E-state index contributed by atoms with van der Waals surface area (Å²) in [6.45, 7) is 10.9. The van der Waals surface area contributed by atoms with Gasteiger partial charge in [-0.15, -0.1) is 0 Å². The van der Waals surface area contributed by atoms with Crippen LogP contribution in [0.1, 0.15) is 47.5 Å². The average Bonchev–Trinajstić information content (AvgIpc) is 2.17. The van der Waals surface area contributed by atoms with Gasteiger partial charge in [-0.1, -0.05) is 34.6 Å². The fourth-order valence-electron chi connectivity index (χ4n) is 2.21. The Balaban J connectivity index is 0.00000121. The van der Waals surface area contributed by atoms with Crippen LogP contribution in [-0.4, -0.2) is 30.7 Å². The first-order chi connectivity index (χ1) is 7.68. The molecule has 0 N–H and O–H groups in total. The summed E-state index contributed by atoms with van der Waals surface area (Å²) in [5.41, 5.74) is 0.227. The minimum atomic E-state index is -4.05. The lowest BCUT2D eigenvalue weighted by Crippen LogP contribution is -2.42. The van der Waals surface area contributed by atoms with Crippen molar-refractivity contribution in [2.75, 3.05) is 19.6 Å². The van der Waals surface area contributed by atoms with E-state index in [0.29, 0.717) is 19.0 Å². The van der Waals surface area contributed by atoms with Gasteiger partial charge in [0.15, 0.2) is 0 Å². The first kappa shape index (κ1) is 16.8. The lowest BCUT2D eigenvalue weighted by atomic mass is 9.75. The molecule has 0 aromatic rings. The van der Waals surface area contributed by atoms with E-state index in [1.807, 2.05) is 13.8 Å². The highest BCUT2D eigenvalue weighted by molar-refractivity contribution is 4.81. The second kappa shape index (κ2) is 6.62. The van der Waals surface area contributed by atoms with E-state index in [1.54, 1.807) is 0 Å². The number of alkyl halides is 3. The zero-order valence-electron chi connectivity index (χ0n) is 11.7. The number of likely N-dealkylation sites (tertiary alicyclic amines) is 1. The van der Waals surface area contributed by atoms with Gasteiger partial charge in [0.1, 0.15) is 0 Å². The molecule has 17 heavy (non-hydrogen) atoms. The number of halogens is 3. The number of rotatable bonds is 1. The molecule has 0 spiro atoms. The van der Waals surface area contributed by atoms with Crippen LogP contribution in [-0.2, 0) is 0 Å². The molecule has 0 aromatic carbocycles. The number of piperidine rings is 1. The zero-order valence-corrected chi connectivity index (χ0v) is 11.7. The summed E-state index contributed by atoms with van der Waals surface area (Å²) in [4.78, 5) is 1.52. The summed E-state index contributed by atoms with van der Waals surface area (Å²) in [6, 6.07) is 0. The molecule has 1 fully saturated rings. The molecular formula is C13H26F3N. The molecule has 0 radical (unpaired) electrons. The van der Waals surface area contributed by atoms with Gasteiger partial charge < -0.3 is 0 Å². The Morgan fingerprint density at radius 3 is 1.71 bits per heavy atom. The third-order valence-electron chi connectivity index (χ3n) is 3.22. The number of nitrogens with zero attached hydrogens (tertiary/aromatic N) is 1. The largest absolute Gasteiger partial charge is 0.401 e. The predicted molar refractivity (Wildman–Crippen MR) is 66.0 cm³/mol. The normalized spacial score (nSPS) is 19.8. The zero-order chi connectivity index (χ0) is 13.7. The number of hydrogen-bond acceptors (Lipinski definition) is 1. The molecule has 0 amide bonds. The lowest BCUT2D eigenvalue weighted by Gasteiger charge is -2.38. The molecule has 0 aromatic heterocycles. The van der Waals surface area contributed by atoms with Crippen molar-refractivity contribution in [1.29, 1.82) is 0 Å². The van der Waals surface area contributed by atoms with Gasteiger partial charge in [-0.3, -0.25) is 4.90 Å². The Morgan fingerprint density at radius 1 is 1.00 bits per heavy atom. The molecule has 1 aliphatic rings. The molecule has 1 nitrogen and oxygen atoms in total. The van der Waals surface area contributed by atoms with E-state index < -0.39 is 12.7 Å². The standard InChI is InChI=1S/C11H20F3N.C2H6/c1-10(2,3)9-4-6-15(7-5-9)8-11(12,13)14;1-2/h9H,4-8H2,1-3H3;1-2H3. The molecule has 0 aliphatic carbocycles. The van der Waals surface area contributed by atoms with Gasteiger partial charge in [0, 0.05) is 0 Å². The van der Waals surface area contributed by atoms with Crippen LogP contribution in [0.4, 0.5) is 13.2 Å². The van der Waals surface area contributed by atoms with E-state index >= 15 is 0 Å². The van der Waals surface area contributed by atoms with Crippen molar-refractivity contribution >= 4 is 0 Å². The van der Waals surface area contributed by atoms with Crippen LogP contribution in [0, 0.1) is 11.3 Å². The van der Waals surface area contributed by atoms with Gasteiger partial charge >= 0.3 is 6.18 Å². The van der Waals surface area contributed by atoms with Crippen molar-refractivity contribution in [2.45, 2.75) is 53.6 Å². The molecule has 0 saturated carbocycles. The van der Waals surface area contributed by atoms with Crippen molar-refractivity contribution in [3.05, 3.63) is 0 Å². The predicted octanol–water partition coefficient (Wildman–Crippen LogP) is 4.33. The van der Waals surface area contributed by atoms with Gasteiger partial charge in [0.05, 0.1) is 6.54 Å². The van der Waals surface area contributed by atoms with E-state index in [4.69, 9.17) is 0 Å². The van der Waals surface area contributed by atoms with Crippen LogP contribution in [0.15, 0.2) is 0 Å². The van der Waals surface area contributed by atoms with E-state index in [-0.39, 0.29) is 5.41 Å². The van der Waals surface area contributed by atoms with Crippen molar-refractivity contribution < 1.29 is 13.2 Å². The molecule has 4 heteroatoms. The van der Waals surface area contributed by atoms with Crippen molar-refractivity contribution in [1.82, 2.24) is 4.90 Å². The third-order valence-corrected chi connectivity index (χ3v) is 3.22. The Bertz CT molecular complexity index is 198. The third kappa shape index (κ3) is 6.92. The SMILES string of the molecule is CC.CC(C)(C)C1CCN(CC(F)(F)F)CC1. The van der Waals surface area contributed by atoms with Gasteiger partial charge in [-0.25, -0.2) is 0 Å².